The van der Waals surface area contributed by atoms with Gasteiger partial charge >= 0.3 is 0 Å². The minimum Gasteiger partial charge on any atom is -0.213 e. The highest BCUT2D eigenvalue weighted by Crippen LogP contribution is 1.87. The van der Waals surface area contributed by atoms with E-state index in [0.717, 1.165) is 0 Å². The first-order valence-corrected chi connectivity index (χ1v) is 1.57. The van der Waals surface area contributed by atoms with Gasteiger partial charge in [0, 0.05) is 6.42 Å². The zero-order chi connectivity index (χ0) is 4.28. The lowest BCUT2D eigenvalue weighted by molar-refractivity contribution is -0.0242. The molecule has 0 aliphatic rings. The molecule has 0 rings (SSSR count). The van der Waals surface area contributed by atoms with E-state index in [0.29, 0.717) is 0 Å². The monoisotopic (exact) mass is 77.0 g/mol. The zero-order valence-electron chi connectivity index (χ0n) is 3.07. The van der Waals surface area contributed by atoms with E-state index in [1.54, 1.807) is 0 Å². The summed E-state index contributed by atoms with van der Waals surface area (Å²) < 4.78 is 10.9. The Bertz CT molecular complexity index is 20.9. The first kappa shape index (κ1) is 4.89. The fourth-order valence-corrected chi connectivity index (χ4v) is 0. The fraction of sp³-hybridized carbons (Fsp3) is 1.00. The van der Waals surface area contributed by atoms with Crippen LogP contribution in [0.3, 0.4) is 0 Å². The summed E-state index contributed by atoms with van der Waals surface area (Å²) >= 11 is 0. The molecular weight excluding hydrogens is 71.0 g/mol. The molecule has 0 saturated carbocycles. The van der Waals surface area contributed by atoms with Crippen LogP contribution in [0.4, 0.5) is 4.39 Å². The van der Waals surface area contributed by atoms with Crippen LogP contribution in [0.15, 0.2) is 0 Å². The smallest absolute Gasteiger partial charge is 0.213 e. The van der Waals surface area contributed by atoms with Gasteiger partial charge in [-0.05, 0) is 0 Å². The van der Waals surface area contributed by atoms with Crippen LogP contribution in [-0.4, -0.2) is 6.36 Å². The zero-order valence-corrected chi connectivity index (χ0v) is 3.07. The highest BCUT2D eigenvalue weighted by Gasteiger charge is 1.90. The second-order valence-electron chi connectivity index (χ2n) is 0.818. The van der Waals surface area contributed by atoms with Crippen molar-refractivity contribution in [3.63, 3.8) is 0 Å². The maximum atomic E-state index is 10.9. The van der Waals surface area contributed by atoms with Crippen molar-refractivity contribution in [3.8, 4) is 0 Å². The summed E-state index contributed by atoms with van der Waals surface area (Å²) in [6, 6.07) is 0. The second-order valence-corrected chi connectivity index (χ2v) is 0.818. The Balaban J connectivity index is 2.54. The van der Waals surface area contributed by atoms with Gasteiger partial charge in [-0.15, -0.1) is 0 Å². The SMILES string of the molecule is CCC([O])F. The Kier molecular flexibility index (Phi) is 2.10. The van der Waals surface area contributed by atoms with Gasteiger partial charge in [-0.1, -0.05) is 6.92 Å². The average Bonchev–Trinajstić information content (AvgIpc) is 1.38. The van der Waals surface area contributed by atoms with Crippen molar-refractivity contribution in [2.45, 2.75) is 19.7 Å². The van der Waals surface area contributed by atoms with E-state index < -0.39 is 6.36 Å². The molecule has 1 atom stereocenters. The molecule has 0 heterocycles. The van der Waals surface area contributed by atoms with Crippen molar-refractivity contribution in [1.82, 2.24) is 0 Å². The van der Waals surface area contributed by atoms with Gasteiger partial charge in [0.2, 0.25) is 6.36 Å². The summed E-state index contributed by atoms with van der Waals surface area (Å²) in [7, 11) is 0. The molecule has 0 fully saturated rings. The molecule has 5 heavy (non-hydrogen) atoms. The van der Waals surface area contributed by atoms with Crippen LogP contribution in [0.25, 0.3) is 0 Å². The topological polar surface area (TPSA) is 19.9 Å². The minimum absolute atomic E-state index is 0.0833. The number of rotatable bonds is 1. The third kappa shape index (κ3) is 3.89. The number of hydrogen-bond donors (Lipinski definition) is 0. The Hall–Kier alpha value is -0.110. The molecule has 1 radical (unpaired) electrons. The molecule has 0 spiro atoms. The molecule has 0 N–H and O–H groups in total. The second kappa shape index (κ2) is 2.15. The Morgan fingerprint density at radius 2 is 2.20 bits per heavy atom. The predicted octanol–water partition coefficient (Wildman–Crippen LogP) is 1.12. The molecule has 0 amide bonds. The maximum absolute atomic E-state index is 10.9. The van der Waals surface area contributed by atoms with Gasteiger partial charge in [0.05, 0.1) is 0 Å². The Morgan fingerprint density at radius 1 is 2.00 bits per heavy atom. The summed E-state index contributed by atoms with van der Waals surface area (Å²) in [5.74, 6) is 0. The number of alkyl halides is 1. The minimum atomic E-state index is -1.87. The van der Waals surface area contributed by atoms with Crippen LogP contribution >= 0.6 is 0 Å². The molecule has 31 valence electrons. The summed E-state index contributed by atoms with van der Waals surface area (Å²) in [5, 5.41) is 9.23. The summed E-state index contributed by atoms with van der Waals surface area (Å²) in [4.78, 5) is 0. The average molecular weight is 77.1 g/mol. The van der Waals surface area contributed by atoms with Crippen molar-refractivity contribution in [1.29, 1.82) is 0 Å². The van der Waals surface area contributed by atoms with E-state index in [1.165, 1.54) is 6.92 Å². The van der Waals surface area contributed by atoms with Crippen molar-refractivity contribution in [3.05, 3.63) is 0 Å². The van der Waals surface area contributed by atoms with Gasteiger partial charge in [0.25, 0.3) is 0 Å². The van der Waals surface area contributed by atoms with Gasteiger partial charge in [0.15, 0.2) is 0 Å². The molecule has 0 aromatic rings. The highest BCUT2D eigenvalue weighted by molar-refractivity contribution is 4.22. The van der Waals surface area contributed by atoms with Gasteiger partial charge in [-0.3, -0.25) is 0 Å². The predicted molar refractivity (Wildman–Crippen MR) is 15.9 cm³/mol. The van der Waals surface area contributed by atoms with Crippen molar-refractivity contribution >= 4 is 0 Å². The van der Waals surface area contributed by atoms with Crippen LogP contribution in [0, 0.1) is 0 Å². The lowest BCUT2D eigenvalue weighted by atomic mass is 10.5. The Labute approximate surface area is 30.4 Å². The van der Waals surface area contributed by atoms with E-state index in [2.05, 4.69) is 0 Å². The molecule has 2 heteroatoms. The molecule has 0 saturated heterocycles. The number of hydrogen-bond acceptors (Lipinski definition) is 0. The maximum Gasteiger partial charge on any atom is 0.231 e. The van der Waals surface area contributed by atoms with E-state index >= 15 is 0 Å². The summed E-state index contributed by atoms with van der Waals surface area (Å²) in [6.45, 7) is 1.51. The summed E-state index contributed by atoms with van der Waals surface area (Å²) in [6.07, 6.45) is -1.78. The van der Waals surface area contributed by atoms with Crippen molar-refractivity contribution in [2.24, 2.45) is 0 Å². The third-order valence-electron chi connectivity index (χ3n) is 0.321. The van der Waals surface area contributed by atoms with Crippen LogP contribution in [0.5, 0.6) is 0 Å². The lowest BCUT2D eigenvalue weighted by Gasteiger charge is -1.81. The fourth-order valence-electron chi connectivity index (χ4n) is 0. The van der Waals surface area contributed by atoms with Gasteiger partial charge in [-0.2, -0.15) is 5.11 Å². The molecule has 0 aromatic heterocycles. The van der Waals surface area contributed by atoms with E-state index in [-0.39, 0.29) is 6.42 Å². The quantitative estimate of drug-likeness (QED) is 0.447. The number of halogens is 1. The third-order valence-corrected chi connectivity index (χ3v) is 0.321. The molecular formula is C3H6FO. The highest BCUT2D eigenvalue weighted by atomic mass is 19.1. The molecule has 1 unspecified atom stereocenters. The molecule has 1 nitrogen and oxygen atoms in total. The summed E-state index contributed by atoms with van der Waals surface area (Å²) in [5.41, 5.74) is 0. The van der Waals surface area contributed by atoms with Gasteiger partial charge < -0.3 is 0 Å². The van der Waals surface area contributed by atoms with E-state index in [1.807, 2.05) is 0 Å². The molecule has 0 bridgehead atoms. The Morgan fingerprint density at radius 3 is 2.20 bits per heavy atom. The van der Waals surface area contributed by atoms with Crippen LogP contribution in [0.2, 0.25) is 0 Å². The van der Waals surface area contributed by atoms with Crippen molar-refractivity contribution in [2.75, 3.05) is 0 Å². The van der Waals surface area contributed by atoms with Crippen molar-refractivity contribution < 1.29 is 9.50 Å². The van der Waals surface area contributed by atoms with Gasteiger partial charge in [0.1, 0.15) is 0 Å². The van der Waals surface area contributed by atoms with Crippen LogP contribution in [-0.2, 0) is 5.11 Å². The van der Waals surface area contributed by atoms with E-state index in [9.17, 15) is 9.50 Å². The normalized spacial score (nSPS) is 15.0. The van der Waals surface area contributed by atoms with Crippen LogP contribution in [0.1, 0.15) is 13.3 Å². The molecule has 0 aromatic carbocycles. The first-order valence-electron chi connectivity index (χ1n) is 1.57. The van der Waals surface area contributed by atoms with Gasteiger partial charge in [-0.25, -0.2) is 4.39 Å². The van der Waals surface area contributed by atoms with E-state index in [4.69, 9.17) is 0 Å². The molecule has 0 aliphatic heterocycles. The van der Waals surface area contributed by atoms with Crippen LogP contribution < -0.4 is 0 Å². The standard InChI is InChI=1S/C3H6FO/c1-2-3(4)5/h3H,2H2,1H3. The molecule has 0 aliphatic carbocycles. The first-order chi connectivity index (χ1) is 2.27. The lowest BCUT2D eigenvalue weighted by Crippen LogP contribution is -1.87. The largest absolute Gasteiger partial charge is 0.231 e.